The number of nitrogens with zero attached hydrogens (tertiary/aromatic N) is 6. The number of carbonyl (C=O) groups is 1. The Balaban J connectivity index is 1.52. The van der Waals surface area contributed by atoms with E-state index in [0.717, 1.165) is 36.6 Å². The van der Waals surface area contributed by atoms with Crippen LogP contribution >= 0.6 is 0 Å². The molecule has 0 spiro atoms. The summed E-state index contributed by atoms with van der Waals surface area (Å²) in [6.07, 6.45) is 13.1. The molecule has 0 N–H and O–H groups in total. The van der Waals surface area contributed by atoms with Crippen molar-refractivity contribution in [2.45, 2.75) is 32.1 Å². The average Bonchev–Trinajstić information content (AvgIpc) is 3.23. The van der Waals surface area contributed by atoms with E-state index in [1.807, 2.05) is 15.7 Å². The monoisotopic (exact) mass is 362 g/mol. The van der Waals surface area contributed by atoms with E-state index in [0.29, 0.717) is 18.7 Å². The van der Waals surface area contributed by atoms with Crippen molar-refractivity contribution in [3.63, 3.8) is 0 Å². The lowest BCUT2D eigenvalue weighted by molar-refractivity contribution is 0.0712. The summed E-state index contributed by atoms with van der Waals surface area (Å²) >= 11 is 0. The summed E-state index contributed by atoms with van der Waals surface area (Å²) in [7, 11) is 0. The summed E-state index contributed by atoms with van der Waals surface area (Å²) in [5, 5.41) is 0. The van der Waals surface area contributed by atoms with Crippen LogP contribution in [0.4, 0.5) is 0 Å². The standard InChI is InChI=1S/C20H22N6O/c1-2-17-22-11-14-26(17)19-18(23-9-10-24-19)15-5-12-25(13-6-15)20(27)16-3-7-21-8-4-16/h3-4,7-11,14-15H,2,5-6,12-13H2,1H3. The molecule has 0 aliphatic carbocycles. The fourth-order valence-electron chi connectivity index (χ4n) is 3.64. The lowest BCUT2D eigenvalue weighted by atomic mass is 9.92. The summed E-state index contributed by atoms with van der Waals surface area (Å²) in [4.78, 5) is 32.2. The molecular weight excluding hydrogens is 340 g/mol. The molecule has 27 heavy (non-hydrogen) atoms. The molecule has 1 amide bonds. The normalized spacial score (nSPS) is 15.1. The van der Waals surface area contributed by atoms with Gasteiger partial charge in [0.15, 0.2) is 5.82 Å². The maximum absolute atomic E-state index is 12.6. The molecule has 3 aromatic rings. The van der Waals surface area contributed by atoms with Crippen molar-refractivity contribution in [3.8, 4) is 5.82 Å². The van der Waals surface area contributed by atoms with Crippen molar-refractivity contribution in [3.05, 3.63) is 66.4 Å². The minimum absolute atomic E-state index is 0.0677. The second-order valence-electron chi connectivity index (χ2n) is 6.63. The first-order valence-corrected chi connectivity index (χ1v) is 9.30. The second kappa shape index (κ2) is 7.65. The van der Waals surface area contributed by atoms with Crippen LogP contribution in [0, 0.1) is 0 Å². The van der Waals surface area contributed by atoms with Crippen LogP contribution in [0.2, 0.25) is 0 Å². The number of aryl methyl sites for hydroxylation is 1. The molecule has 0 bridgehead atoms. The third-order valence-electron chi connectivity index (χ3n) is 5.06. The molecule has 0 radical (unpaired) electrons. The number of likely N-dealkylation sites (tertiary alicyclic amines) is 1. The predicted octanol–water partition coefficient (Wildman–Crippen LogP) is 2.64. The molecule has 0 atom stereocenters. The largest absolute Gasteiger partial charge is 0.339 e. The first kappa shape index (κ1) is 17.3. The molecule has 138 valence electrons. The second-order valence-corrected chi connectivity index (χ2v) is 6.63. The van der Waals surface area contributed by atoms with Gasteiger partial charge in [0.25, 0.3) is 5.91 Å². The van der Waals surface area contributed by atoms with E-state index in [2.05, 4.69) is 26.9 Å². The first-order chi connectivity index (χ1) is 13.3. The Morgan fingerprint density at radius 1 is 1.04 bits per heavy atom. The number of imidazole rings is 1. The van der Waals surface area contributed by atoms with Crippen molar-refractivity contribution in [1.82, 2.24) is 29.4 Å². The Morgan fingerprint density at radius 2 is 1.78 bits per heavy atom. The van der Waals surface area contributed by atoms with Gasteiger partial charge in [-0.25, -0.2) is 9.97 Å². The van der Waals surface area contributed by atoms with Gasteiger partial charge in [0.2, 0.25) is 0 Å². The van der Waals surface area contributed by atoms with E-state index < -0.39 is 0 Å². The summed E-state index contributed by atoms with van der Waals surface area (Å²) in [5.41, 5.74) is 1.68. The van der Waals surface area contributed by atoms with Crippen molar-refractivity contribution < 1.29 is 4.79 Å². The topological polar surface area (TPSA) is 76.8 Å². The van der Waals surface area contributed by atoms with E-state index >= 15 is 0 Å². The number of carbonyl (C=O) groups excluding carboxylic acids is 1. The maximum atomic E-state index is 12.6. The maximum Gasteiger partial charge on any atom is 0.253 e. The van der Waals surface area contributed by atoms with E-state index in [-0.39, 0.29) is 11.8 Å². The quantitative estimate of drug-likeness (QED) is 0.713. The fourth-order valence-corrected chi connectivity index (χ4v) is 3.64. The first-order valence-electron chi connectivity index (χ1n) is 9.30. The number of hydrogen-bond acceptors (Lipinski definition) is 5. The molecule has 3 aromatic heterocycles. The third kappa shape index (κ3) is 3.45. The zero-order chi connectivity index (χ0) is 18.6. The van der Waals surface area contributed by atoms with Crippen molar-refractivity contribution in [2.75, 3.05) is 13.1 Å². The zero-order valence-corrected chi connectivity index (χ0v) is 15.3. The van der Waals surface area contributed by atoms with Gasteiger partial charge in [0, 0.05) is 68.2 Å². The highest BCUT2D eigenvalue weighted by atomic mass is 16.2. The Kier molecular flexibility index (Phi) is 4.91. The highest BCUT2D eigenvalue weighted by Crippen LogP contribution is 2.30. The van der Waals surface area contributed by atoms with Crippen LogP contribution in [0.3, 0.4) is 0 Å². The predicted molar refractivity (Wildman–Crippen MR) is 101 cm³/mol. The van der Waals surface area contributed by atoms with E-state index in [9.17, 15) is 4.79 Å². The van der Waals surface area contributed by atoms with Gasteiger partial charge in [0.05, 0.1) is 5.69 Å². The minimum Gasteiger partial charge on any atom is -0.339 e. The Morgan fingerprint density at radius 3 is 2.52 bits per heavy atom. The van der Waals surface area contributed by atoms with Crippen molar-refractivity contribution in [1.29, 1.82) is 0 Å². The smallest absolute Gasteiger partial charge is 0.253 e. The number of amides is 1. The van der Waals surface area contributed by atoms with E-state index in [1.165, 1.54) is 0 Å². The van der Waals surface area contributed by atoms with Crippen LogP contribution in [0.25, 0.3) is 5.82 Å². The SMILES string of the molecule is CCc1nccn1-c1nccnc1C1CCN(C(=O)c2ccncc2)CC1. The van der Waals surface area contributed by atoms with Crippen LogP contribution in [0.15, 0.2) is 49.3 Å². The lowest BCUT2D eigenvalue weighted by Crippen LogP contribution is -2.38. The zero-order valence-electron chi connectivity index (χ0n) is 15.3. The molecule has 1 aliphatic rings. The molecule has 7 nitrogen and oxygen atoms in total. The number of rotatable bonds is 4. The van der Waals surface area contributed by atoms with E-state index in [1.54, 1.807) is 43.1 Å². The minimum atomic E-state index is 0.0677. The van der Waals surface area contributed by atoms with Gasteiger partial charge < -0.3 is 4.90 Å². The van der Waals surface area contributed by atoms with Gasteiger partial charge in [-0.3, -0.25) is 19.3 Å². The van der Waals surface area contributed by atoms with Gasteiger partial charge in [-0.2, -0.15) is 0 Å². The Hall–Kier alpha value is -3.09. The summed E-state index contributed by atoms with van der Waals surface area (Å²) in [5.74, 6) is 2.17. The highest BCUT2D eigenvalue weighted by Gasteiger charge is 2.27. The van der Waals surface area contributed by atoms with Gasteiger partial charge in [0.1, 0.15) is 5.82 Å². The Labute approximate surface area is 158 Å². The van der Waals surface area contributed by atoms with Gasteiger partial charge in [-0.1, -0.05) is 6.92 Å². The summed E-state index contributed by atoms with van der Waals surface area (Å²) in [6.45, 7) is 3.51. The number of pyridine rings is 1. The summed E-state index contributed by atoms with van der Waals surface area (Å²) < 4.78 is 2.02. The lowest BCUT2D eigenvalue weighted by Gasteiger charge is -2.32. The molecule has 0 aromatic carbocycles. The molecule has 1 saturated heterocycles. The summed E-state index contributed by atoms with van der Waals surface area (Å²) in [6, 6.07) is 3.53. The molecule has 7 heteroatoms. The number of hydrogen-bond donors (Lipinski definition) is 0. The Bertz CT molecular complexity index is 915. The number of aromatic nitrogens is 5. The number of piperidine rings is 1. The van der Waals surface area contributed by atoms with Crippen molar-refractivity contribution in [2.24, 2.45) is 0 Å². The average molecular weight is 362 g/mol. The van der Waals surface area contributed by atoms with Crippen LogP contribution in [-0.2, 0) is 6.42 Å². The highest BCUT2D eigenvalue weighted by molar-refractivity contribution is 5.94. The molecule has 1 aliphatic heterocycles. The van der Waals surface area contributed by atoms with Crippen molar-refractivity contribution >= 4 is 5.91 Å². The van der Waals surface area contributed by atoms with Crippen LogP contribution in [0.1, 0.15) is 47.6 Å². The molecular formula is C20H22N6O. The molecule has 1 fully saturated rings. The molecule has 0 unspecified atom stereocenters. The van der Waals surface area contributed by atoms with Gasteiger partial charge >= 0.3 is 0 Å². The molecule has 4 heterocycles. The third-order valence-corrected chi connectivity index (χ3v) is 5.06. The fraction of sp³-hybridized carbons (Fsp3) is 0.350. The molecule has 4 rings (SSSR count). The van der Waals surface area contributed by atoms with Crippen LogP contribution in [0.5, 0.6) is 0 Å². The van der Waals surface area contributed by atoms with E-state index in [4.69, 9.17) is 0 Å². The van der Waals surface area contributed by atoms with Gasteiger partial charge in [-0.05, 0) is 25.0 Å². The van der Waals surface area contributed by atoms with Crippen LogP contribution < -0.4 is 0 Å². The van der Waals surface area contributed by atoms with Crippen LogP contribution in [-0.4, -0.2) is 48.4 Å². The molecule has 0 saturated carbocycles. The van der Waals surface area contributed by atoms with Gasteiger partial charge in [-0.15, -0.1) is 0 Å².